The molecule has 0 radical (unpaired) electrons. The van der Waals surface area contributed by atoms with Crippen molar-refractivity contribution in [2.75, 3.05) is 0 Å². The molecule has 0 unspecified atom stereocenters. The van der Waals surface area contributed by atoms with Crippen LogP contribution in [0.4, 0.5) is 9.59 Å². The number of alkyl halides is 1. The average Bonchev–Trinajstić information content (AvgIpc) is 2.37. The lowest BCUT2D eigenvalue weighted by Crippen LogP contribution is -2.45. The molecule has 0 amide bonds. The molecule has 0 aliphatic rings. The number of halogens is 1. The fraction of sp³-hybridized carbons (Fsp3) is 0.0909. The summed E-state index contributed by atoms with van der Waals surface area (Å²) in [7, 11) is 0. The molecule has 1 aromatic heterocycles. The van der Waals surface area contributed by atoms with Gasteiger partial charge in [0.2, 0.25) is 0 Å². The van der Waals surface area contributed by atoms with E-state index >= 15 is 0 Å². The van der Waals surface area contributed by atoms with E-state index in [4.69, 9.17) is 10.2 Å². The van der Waals surface area contributed by atoms with Gasteiger partial charge in [0.15, 0.2) is 0 Å². The van der Waals surface area contributed by atoms with Crippen molar-refractivity contribution in [3.63, 3.8) is 0 Å². The van der Waals surface area contributed by atoms with Crippen molar-refractivity contribution in [1.29, 1.82) is 0 Å². The monoisotopic (exact) mass is 342 g/mol. The minimum Gasteiger partial charge on any atom is -0.464 e. The summed E-state index contributed by atoms with van der Waals surface area (Å²) >= 11 is 3.17. The lowest BCUT2D eigenvalue weighted by Gasteiger charge is -2.08. The van der Waals surface area contributed by atoms with Crippen LogP contribution in [0.3, 0.4) is 0 Å². The Morgan fingerprint density at radius 1 is 1.10 bits per heavy atom. The van der Waals surface area contributed by atoms with E-state index in [1.165, 1.54) is 18.2 Å². The quantitative estimate of drug-likeness (QED) is 0.749. The second kappa shape index (κ2) is 4.93. The molecule has 9 heteroatoms. The molecule has 0 aliphatic heterocycles. The highest BCUT2D eigenvalue weighted by Gasteiger charge is 2.20. The molecule has 2 N–H and O–H groups in total. The zero-order valence-corrected chi connectivity index (χ0v) is 11.3. The Labute approximate surface area is 118 Å². The van der Waals surface area contributed by atoms with Crippen LogP contribution in [0.25, 0.3) is 10.9 Å². The third kappa shape index (κ3) is 2.01. The number of rotatable bonds is 1. The maximum absolute atomic E-state index is 12.0. The Morgan fingerprint density at radius 3 is 2.20 bits per heavy atom. The molecule has 0 saturated carbocycles. The Bertz CT molecular complexity index is 850. The topological polar surface area (TPSA) is 119 Å². The molecule has 0 fully saturated rings. The summed E-state index contributed by atoms with van der Waals surface area (Å²) in [5, 5.41) is 18.1. The van der Waals surface area contributed by atoms with Crippen molar-refractivity contribution in [2.45, 2.75) is 5.33 Å². The molecule has 0 spiro atoms. The Kier molecular flexibility index (Phi) is 3.45. The van der Waals surface area contributed by atoms with E-state index < -0.39 is 23.4 Å². The maximum atomic E-state index is 12.0. The lowest BCUT2D eigenvalue weighted by molar-refractivity contribution is 0.190. The van der Waals surface area contributed by atoms with Gasteiger partial charge >= 0.3 is 17.9 Å². The van der Waals surface area contributed by atoms with Gasteiger partial charge in [-0.25, -0.2) is 14.4 Å². The van der Waals surface area contributed by atoms with E-state index in [1.54, 1.807) is 0 Å². The number of hydrogen-bond acceptors (Lipinski definition) is 4. The van der Waals surface area contributed by atoms with Crippen molar-refractivity contribution < 1.29 is 19.8 Å². The molecule has 8 nitrogen and oxygen atoms in total. The molecule has 1 aromatic carbocycles. The highest BCUT2D eigenvalue weighted by molar-refractivity contribution is 9.08. The number of nitrogens with zero attached hydrogens (tertiary/aromatic N) is 2. The zero-order chi connectivity index (χ0) is 15.0. The summed E-state index contributed by atoms with van der Waals surface area (Å²) in [6.45, 7) is 0. The largest absolute Gasteiger partial charge is 0.464 e. The first kappa shape index (κ1) is 14.0. The summed E-state index contributed by atoms with van der Waals surface area (Å²) in [6.07, 6.45) is -3.50. The van der Waals surface area contributed by atoms with Crippen LogP contribution in [-0.4, -0.2) is 31.5 Å². The van der Waals surface area contributed by atoms with Crippen LogP contribution in [0.2, 0.25) is 0 Å². The van der Waals surface area contributed by atoms with Crippen LogP contribution in [0.1, 0.15) is 5.56 Å². The lowest BCUT2D eigenvalue weighted by atomic mass is 10.1. The third-order valence-electron chi connectivity index (χ3n) is 2.65. The van der Waals surface area contributed by atoms with Gasteiger partial charge in [0, 0.05) is 5.33 Å². The molecule has 0 bridgehead atoms. The highest BCUT2D eigenvalue weighted by Crippen LogP contribution is 2.13. The molecule has 104 valence electrons. The van der Waals surface area contributed by atoms with Crippen LogP contribution in [0.15, 0.2) is 27.8 Å². The average molecular weight is 343 g/mol. The van der Waals surface area contributed by atoms with Crippen LogP contribution in [0.5, 0.6) is 0 Å². The van der Waals surface area contributed by atoms with Crippen molar-refractivity contribution in [3.05, 3.63) is 44.6 Å². The molecule has 1 heterocycles. The molecule has 0 aliphatic carbocycles. The smallest absolute Gasteiger partial charge is 0.422 e. The van der Waals surface area contributed by atoms with Gasteiger partial charge in [0.05, 0.1) is 10.9 Å². The standard InChI is InChI=1S/C11H7BrN2O6/c12-4-5-1-2-7-6(3-5)8(15)14(11(19)20)9(16)13(7)10(17)18/h1-3H,4H2,(H,17,18)(H,19,20). The van der Waals surface area contributed by atoms with Gasteiger partial charge in [-0.3, -0.25) is 4.79 Å². The molecule has 2 aromatic rings. The Balaban J connectivity index is 3.12. The number of carboxylic acid groups (broad SMARTS) is 2. The van der Waals surface area contributed by atoms with Gasteiger partial charge in [-0.15, -0.1) is 0 Å². The van der Waals surface area contributed by atoms with E-state index in [0.29, 0.717) is 10.9 Å². The Hall–Kier alpha value is -2.42. The predicted octanol–water partition coefficient (Wildman–Crippen LogP) is 1.11. The van der Waals surface area contributed by atoms with E-state index in [0.717, 1.165) is 0 Å². The zero-order valence-electron chi connectivity index (χ0n) is 9.74. The van der Waals surface area contributed by atoms with E-state index in [1.807, 2.05) is 0 Å². The molecular formula is C11H7BrN2O6. The summed E-state index contributed by atoms with van der Waals surface area (Å²) < 4.78 is 0.0946. The summed E-state index contributed by atoms with van der Waals surface area (Å²) in [4.78, 5) is 45.9. The van der Waals surface area contributed by atoms with Crippen LogP contribution in [-0.2, 0) is 5.33 Å². The van der Waals surface area contributed by atoms with Crippen molar-refractivity contribution in [3.8, 4) is 0 Å². The minimum atomic E-state index is -1.83. The minimum absolute atomic E-state index is 0.130. The number of hydrogen-bond donors (Lipinski definition) is 2. The summed E-state index contributed by atoms with van der Waals surface area (Å²) in [5.41, 5.74) is -2.02. The van der Waals surface area contributed by atoms with E-state index in [-0.39, 0.29) is 20.0 Å². The number of benzene rings is 1. The SMILES string of the molecule is O=C(O)n1c(=O)c2cc(CBr)ccc2n(C(=O)O)c1=O. The molecular weight excluding hydrogens is 336 g/mol. The van der Waals surface area contributed by atoms with Crippen molar-refractivity contribution >= 4 is 39.0 Å². The molecule has 0 saturated heterocycles. The van der Waals surface area contributed by atoms with Crippen molar-refractivity contribution in [2.24, 2.45) is 0 Å². The first-order valence-electron chi connectivity index (χ1n) is 5.21. The van der Waals surface area contributed by atoms with Gasteiger partial charge in [0.1, 0.15) is 0 Å². The van der Waals surface area contributed by atoms with Gasteiger partial charge in [-0.1, -0.05) is 22.0 Å². The second-order valence-corrected chi connectivity index (χ2v) is 4.37. The van der Waals surface area contributed by atoms with Gasteiger partial charge in [-0.05, 0) is 17.7 Å². The first-order valence-corrected chi connectivity index (χ1v) is 6.34. The van der Waals surface area contributed by atoms with Gasteiger partial charge in [-0.2, -0.15) is 9.13 Å². The fourth-order valence-electron chi connectivity index (χ4n) is 1.80. The Morgan fingerprint density at radius 2 is 1.70 bits per heavy atom. The predicted molar refractivity (Wildman–Crippen MR) is 71.9 cm³/mol. The summed E-state index contributed by atoms with van der Waals surface area (Å²) in [5.74, 6) is 0. The number of carbonyl (C=O) groups is 2. The maximum Gasteiger partial charge on any atom is 0.422 e. The van der Waals surface area contributed by atoms with Crippen molar-refractivity contribution in [1.82, 2.24) is 9.13 Å². The second-order valence-electron chi connectivity index (χ2n) is 3.81. The van der Waals surface area contributed by atoms with E-state index in [2.05, 4.69) is 15.9 Å². The van der Waals surface area contributed by atoms with Crippen LogP contribution in [0, 0.1) is 0 Å². The van der Waals surface area contributed by atoms with E-state index in [9.17, 15) is 19.2 Å². The third-order valence-corrected chi connectivity index (χ3v) is 3.30. The summed E-state index contributed by atoms with van der Waals surface area (Å²) in [6, 6.07) is 4.15. The van der Waals surface area contributed by atoms with Crippen LogP contribution < -0.4 is 11.2 Å². The number of fused-ring (bicyclic) bond motifs is 1. The highest BCUT2D eigenvalue weighted by atomic mass is 79.9. The van der Waals surface area contributed by atoms with Gasteiger partial charge < -0.3 is 10.2 Å². The normalized spacial score (nSPS) is 10.7. The fourth-order valence-corrected chi connectivity index (χ4v) is 2.15. The molecule has 20 heavy (non-hydrogen) atoms. The number of aromatic nitrogens is 2. The van der Waals surface area contributed by atoms with Gasteiger partial charge in [0.25, 0.3) is 5.56 Å². The first-order chi connectivity index (χ1) is 9.38. The molecule has 0 atom stereocenters. The molecule has 2 rings (SSSR count). The van der Waals surface area contributed by atoms with Crippen LogP contribution >= 0.6 is 15.9 Å².